The van der Waals surface area contributed by atoms with Crippen LogP contribution in [0, 0.1) is 0 Å². The van der Waals surface area contributed by atoms with Gasteiger partial charge < -0.3 is 9.88 Å². The molecule has 0 fully saturated rings. The van der Waals surface area contributed by atoms with Crippen LogP contribution in [0.5, 0.6) is 0 Å². The number of nitrogens with one attached hydrogen (secondary N) is 1. The Bertz CT molecular complexity index is 600. The van der Waals surface area contributed by atoms with Gasteiger partial charge in [-0.05, 0) is 56.3 Å². The zero-order valence-electron chi connectivity index (χ0n) is 13.1. The Hall–Kier alpha value is -1.61. The first-order chi connectivity index (χ1) is 10.3. The predicted molar refractivity (Wildman–Crippen MR) is 86.9 cm³/mol. The topological polar surface area (TPSA) is 29.9 Å². The number of rotatable bonds is 5. The van der Waals surface area contributed by atoms with Crippen molar-refractivity contribution in [3.8, 4) is 5.69 Å². The van der Waals surface area contributed by atoms with E-state index in [1.165, 1.54) is 35.5 Å². The normalized spacial score (nSPS) is 15.7. The van der Waals surface area contributed by atoms with Crippen molar-refractivity contribution in [1.29, 1.82) is 0 Å². The third-order valence-corrected chi connectivity index (χ3v) is 4.44. The molecule has 3 heteroatoms. The Kier molecular flexibility index (Phi) is 4.39. The summed E-state index contributed by atoms with van der Waals surface area (Å²) in [6.07, 6.45) is 7.97. The molecule has 0 saturated carbocycles. The van der Waals surface area contributed by atoms with Crippen molar-refractivity contribution < 1.29 is 0 Å². The summed E-state index contributed by atoms with van der Waals surface area (Å²) in [6, 6.07) is 9.34. The first-order valence-electron chi connectivity index (χ1n) is 8.22. The largest absolute Gasteiger partial charge is 0.310 e. The van der Waals surface area contributed by atoms with Crippen LogP contribution < -0.4 is 5.32 Å². The molecule has 1 aliphatic rings. The monoisotopic (exact) mass is 283 g/mol. The molecule has 0 bridgehead atoms. The number of nitrogens with zero attached hydrogens (tertiary/aromatic N) is 2. The van der Waals surface area contributed by atoms with Gasteiger partial charge in [0.05, 0.1) is 12.0 Å². The second-order valence-corrected chi connectivity index (χ2v) is 5.83. The molecule has 21 heavy (non-hydrogen) atoms. The molecule has 0 aliphatic heterocycles. The fourth-order valence-electron chi connectivity index (χ4n) is 3.33. The highest BCUT2D eigenvalue weighted by molar-refractivity contribution is 5.40. The maximum Gasteiger partial charge on any atom is 0.0997 e. The lowest BCUT2D eigenvalue weighted by atomic mass is 10.0. The maximum absolute atomic E-state index is 4.61. The molecule has 0 spiro atoms. The lowest BCUT2D eigenvalue weighted by molar-refractivity contribution is 0.537. The standard InChI is InChI=1S/C18H25N3/c1-3-16(19-4-2)14-8-7-9-15(12-14)21-13-20-17-10-5-6-11-18(17)21/h7-9,12-13,16,19H,3-6,10-11H2,1-2H3. The molecule has 3 rings (SSSR count). The van der Waals surface area contributed by atoms with E-state index in [9.17, 15) is 0 Å². The minimum atomic E-state index is 0.439. The summed E-state index contributed by atoms with van der Waals surface area (Å²) in [7, 11) is 0. The lowest BCUT2D eigenvalue weighted by Crippen LogP contribution is -2.20. The Morgan fingerprint density at radius 1 is 1.24 bits per heavy atom. The molecule has 1 atom stereocenters. The third kappa shape index (κ3) is 2.88. The first kappa shape index (κ1) is 14.3. The number of imidazole rings is 1. The molecule has 0 amide bonds. The molecule has 1 aliphatic carbocycles. The van der Waals surface area contributed by atoms with E-state index >= 15 is 0 Å². The maximum atomic E-state index is 4.61. The van der Waals surface area contributed by atoms with E-state index in [1.54, 1.807) is 0 Å². The van der Waals surface area contributed by atoms with Crippen LogP contribution >= 0.6 is 0 Å². The van der Waals surface area contributed by atoms with Gasteiger partial charge >= 0.3 is 0 Å². The molecular weight excluding hydrogens is 258 g/mol. The van der Waals surface area contributed by atoms with E-state index in [1.807, 2.05) is 6.33 Å². The number of benzene rings is 1. The van der Waals surface area contributed by atoms with Crippen molar-refractivity contribution in [2.24, 2.45) is 0 Å². The van der Waals surface area contributed by atoms with Crippen LogP contribution in [0.4, 0.5) is 0 Å². The molecule has 1 aromatic heterocycles. The molecule has 1 N–H and O–H groups in total. The number of aryl methyl sites for hydroxylation is 1. The van der Waals surface area contributed by atoms with Crippen LogP contribution in [0.15, 0.2) is 30.6 Å². The summed E-state index contributed by atoms with van der Waals surface area (Å²) in [4.78, 5) is 4.61. The fourth-order valence-corrected chi connectivity index (χ4v) is 3.33. The van der Waals surface area contributed by atoms with Crippen LogP contribution in [0.3, 0.4) is 0 Å². The number of hydrogen-bond donors (Lipinski definition) is 1. The molecule has 1 heterocycles. The third-order valence-electron chi connectivity index (χ3n) is 4.44. The van der Waals surface area contributed by atoms with Gasteiger partial charge in [0.15, 0.2) is 0 Å². The minimum absolute atomic E-state index is 0.439. The highest BCUT2D eigenvalue weighted by atomic mass is 15.1. The molecule has 1 unspecified atom stereocenters. The van der Waals surface area contributed by atoms with Crippen LogP contribution in [-0.4, -0.2) is 16.1 Å². The summed E-state index contributed by atoms with van der Waals surface area (Å²) < 4.78 is 2.29. The van der Waals surface area contributed by atoms with Gasteiger partial charge in [-0.3, -0.25) is 0 Å². The Morgan fingerprint density at radius 3 is 2.90 bits per heavy atom. The van der Waals surface area contributed by atoms with Gasteiger partial charge in [0.1, 0.15) is 0 Å². The predicted octanol–water partition coefficient (Wildman–Crippen LogP) is 3.81. The van der Waals surface area contributed by atoms with Gasteiger partial charge in [-0.2, -0.15) is 0 Å². The van der Waals surface area contributed by atoms with Gasteiger partial charge in [0.2, 0.25) is 0 Å². The number of aromatic nitrogens is 2. The average Bonchev–Trinajstić information content (AvgIpc) is 2.97. The number of fused-ring (bicyclic) bond motifs is 1. The van der Waals surface area contributed by atoms with Crippen molar-refractivity contribution in [2.75, 3.05) is 6.54 Å². The summed E-state index contributed by atoms with van der Waals surface area (Å²) in [5.74, 6) is 0. The average molecular weight is 283 g/mol. The number of hydrogen-bond acceptors (Lipinski definition) is 2. The van der Waals surface area contributed by atoms with E-state index < -0.39 is 0 Å². The van der Waals surface area contributed by atoms with Crippen LogP contribution in [0.1, 0.15) is 56.1 Å². The van der Waals surface area contributed by atoms with Crippen molar-refractivity contribution in [3.63, 3.8) is 0 Å². The van der Waals surface area contributed by atoms with Crippen LogP contribution in [0.25, 0.3) is 5.69 Å². The highest BCUT2D eigenvalue weighted by Gasteiger charge is 2.16. The van der Waals surface area contributed by atoms with Crippen molar-refractivity contribution in [3.05, 3.63) is 47.5 Å². The lowest BCUT2D eigenvalue weighted by Gasteiger charge is -2.18. The smallest absolute Gasteiger partial charge is 0.0997 e. The van der Waals surface area contributed by atoms with E-state index in [4.69, 9.17) is 0 Å². The van der Waals surface area contributed by atoms with E-state index in [-0.39, 0.29) is 0 Å². The second kappa shape index (κ2) is 6.44. The van der Waals surface area contributed by atoms with Crippen molar-refractivity contribution in [2.45, 2.75) is 52.0 Å². The highest BCUT2D eigenvalue weighted by Crippen LogP contribution is 2.25. The van der Waals surface area contributed by atoms with E-state index in [0.29, 0.717) is 6.04 Å². The molecular formula is C18H25N3. The summed E-state index contributed by atoms with van der Waals surface area (Å²) in [5.41, 5.74) is 5.33. The Balaban J connectivity index is 1.94. The van der Waals surface area contributed by atoms with E-state index in [0.717, 1.165) is 25.8 Å². The van der Waals surface area contributed by atoms with Gasteiger partial charge in [0.25, 0.3) is 0 Å². The van der Waals surface area contributed by atoms with Gasteiger partial charge in [-0.15, -0.1) is 0 Å². The summed E-state index contributed by atoms with van der Waals surface area (Å²) in [6.45, 7) is 5.40. The Morgan fingerprint density at radius 2 is 2.10 bits per heavy atom. The minimum Gasteiger partial charge on any atom is -0.310 e. The quantitative estimate of drug-likeness (QED) is 0.904. The van der Waals surface area contributed by atoms with Crippen molar-refractivity contribution >= 4 is 0 Å². The van der Waals surface area contributed by atoms with Gasteiger partial charge in [-0.25, -0.2) is 4.98 Å². The first-order valence-corrected chi connectivity index (χ1v) is 8.22. The SMILES string of the molecule is CCNC(CC)c1cccc(-n2cnc3c2CCCC3)c1. The molecule has 2 aromatic rings. The van der Waals surface area contributed by atoms with Gasteiger partial charge in [-0.1, -0.05) is 26.0 Å². The van der Waals surface area contributed by atoms with Crippen molar-refractivity contribution in [1.82, 2.24) is 14.9 Å². The molecule has 1 aromatic carbocycles. The molecule has 0 radical (unpaired) electrons. The second-order valence-electron chi connectivity index (χ2n) is 5.83. The molecule has 3 nitrogen and oxygen atoms in total. The van der Waals surface area contributed by atoms with E-state index in [2.05, 4.69) is 53.0 Å². The van der Waals surface area contributed by atoms with Crippen LogP contribution in [-0.2, 0) is 12.8 Å². The zero-order chi connectivity index (χ0) is 14.7. The zero-order valence-corrected chi connectivity index (χ0v) is 13.1. The fraction of sp³-hybridized carbons (Fsp3) is 0.500. The van der Waals surface area contributed by atoms with Crippen LogP contribution in [0.2, 0.25) is 0 Å². The molecule has 0 saturated heterocycles. The Labute approximate surface area is 127 Å². The van der Waals surface area contributed by atoms with Gasteiger partial charge in [0, 0.05) is 17.4 Å². The summed E-state index contributed by atoms with van der Waals surface area (Å²) in [5, 5.41) is 3.56. The molecule has 112 valence electrons. The summed E-state index contributed by atoms with van der Waals surface area (Å²) >= 11 is 0.